The Labute approximate surface area is 200 Å². The molecule has 0 unspecified atom stereocenters. The minimum atomic E-state index is -3.54. The van der Waals surface area contributed by atoms with E-state index in [0.717, 1.165) is 37.7 Å². The normalized spacial score (nSPS) is 24.5. The van der Waals surface area contributed by atoms with Crippen LogP contribution in [-0.4, -0.2) is 48.5 Å². The lowest BCUT2D eigenvalue weighted by Crippen LogP contribution is -2.49. The average Bonchev–Trinajstić information content (AvgIpc) is 3.72. The molecule has 1 aliphatic heterocycles. The van der Waals surface area contributed by atoms with Crippen molar-refractivity contribution in [2.45, 2.75) is 48.7 Å². The van der Waals surface area contributed by atoms with Gasteiger partial charge in [0.05, 0.1) is 16.0 Å². The van der Waals surface area contributed by atoms with E-state index in [1.165, 1.54) is 23.2 Å². The van der Waals surface area contributed by atoms with Crippen LogP contribution in [0.1, 0.15) is 47.8 Å². The Balaban J connectivity index is 1.40. The lowest BCUT2D eigenvalue weighted by atomic mass is 10.00. The van der Waals surface area contributed by atoms with Gasteiger partial charge in [-0.15, -0.1) is 0 Å². The number of benzene rings is 1. The Morgan fingerprint density at radius 2 is 1.91 bits per heavy atom. The highest BCUT2D eigenvalue weighted by molar-refractivity contribution is 7.90. The molecule has 3 aliphatic rings. The Hall–Kier alpha value is -2.59. The van der Waals surface area contributed by atoms with E-state index in [0.29, 0.717) is 6.42 Å². The van der Waals surface area contributed by atoms with Crippen molar-refractivity contribution < 1.29 is 26.8 Å². The SMILES string of the molecule is CS(=O)(=O)c1ccnc(C(=O)N2[C@@H](C(=O)N[C@@H](c3cc(F)c(Cl)cc3F)C3CC3)C[C@H]3C[C@H]32)c1. The monoisotopic (exact) mass is 509 g/mol. The molecule has 5 rings (SSSR count). The maximum absolute atomic E-state index is 14.6. The molecule has 4 atom stereocenters. The molecule has 1 N–H and O–H groups in total. The third-order valence-corrected chi connectivity index (χ3v) is 8.19. The largest absolute Gasteiger partial charge is 0.347 e. The second kappa shape index (κ2) is 8.27. The minimum Gasteiger partial charge on any atom is -0.347 e. The average molecular weight is 510 g/mol. The van der Waals surface area contributed by atoms with Crippen molar-refractivity contribution in [2.75, 3.05) is 6.26 Å². The van der Waals surface area contributed by atoms with Gasteiger partial charge in [-0.2, -0.15) is 0 Å². The third kappa shape index (κ3) is 4.29. The van der Waals surface area contributed by atoms with Crippen LogP contribution in [0.5, 0.6) is 0 Å². The van der Waals surface area contributed by atoms with Crippen LogP contribution >= 0.6 is 11.6 Å². The Morgan fingerprint density at radius 3 is 2.59 bits per heavy atom. The molecule has 0 spiro atoms. The summed E-state index contributed by atoms with van der Waals surface area (Å²) in [6.45, 7) is 0. The number of sulfone groups is 1. The number of rotatable bonds is 6. The first-order chi connectivity index (χ1) is 16.0. The standard InChI is InChI=1S/C23H22ClF2N3O4S/c1-34(32,33)13-4-5-27-18(8-13)23(31)29-19-6-12(19)7-20(29)22(30)28-21(11-2-3-11)14-9-17(26)15(24)10-16(14)25/h4-5,8-12,19-21H,2-3,6-7H2,1H3,(H,28,30)/t12-,19-,20-,21-/m1/s1. The number of aromatic nitrogens is 1. The van der Waals surface area contributed by atoms with Gasteiger partial charge >= 0.3 is 0 Å². The fraction of sp³-hybridized carbons (Fsp3) is 0.435. The van der Waals surface area contributed by atoms with E-state index >= 15 is 0 Å². The van der Waals surface area contributed by atoms with E-state index in [4.69, 9.17) is 11.6 Å². The summed E-state index contributed by atoms with van der Waals surface area (Å²) < 4.78 is 52.4. The van der Waals surface area contributed by atoms with E-state index in [-0.39, 0.29) is 39.1 Å². The van der Waals surface area contributed by atoms with Gasteiger partial charge < -0.3 is 10.2 Å². The van der Waals surface area contributed by atoms with Crippen LogP contribution in [0.3, 0.4) is 0 Å². The molecule has 2 heterocycles. The van der Waals surface area contributed by atoms with Crippen molar-refractivity contribution in [1.29, 1.82) is 0 Å². The number of amides is 2. The Morgan fingerprint density at radius 1 is 1.18 bits per heavy atom. The summed E-state index contributed by atoms with van der Waals surface area (Å²) >= 11 is 5.68. The molecule has 1 saturated heterocycles. The van der Waals surface area contributed by atoms with Gasteiger partial charge in [0.1, 0.15) is 23.4 Å². The van der Waals surface area contributed by atoms with Gasteiger partial charge in [0, 0.05) is 24.1 Å². The number of carbonyl (C=O) groups is 2. The zero-order valence-corrected chi connectivity index (χ0v) is 19.7. The lowest BCUT2D eigenvalue weighted by Gasteiger charge is -2.29. The first-order valence-electron chi connectivity index (χ1n) is 11.0. The van der Waals surface area contributed by atoms with Crippen molar-refractivity contribution in [2.24, 2.45) is 11.8 Å². The summed E-state index contributed by atoms with van der Waals surface area (Å²) in [6, 6.07) is 2.75. The van der Waals surface area contributed by atoms with Crippen molar-refractivity contribution in [3.8, 4) is 0 Å². The van der Waals surface area contributed by atoms with Crippen LogP contribution in [0.2, 0.25) is 5.02 Å². The lowest BCUT2D eigenvalue weighted by molar-refractivity contribution is -0.126. The van der Waals surface area contributed by atoms with Crippen molar-refractivity contribution >= 4 is 33.3 Å². The molecule has 2 amide bonds. The molecule has 0 bridgehead atoms. The van der Waals surface area contributed by atoms with Gasteiger partial charge in [0.2, 0.25) is 5.91 Å². The molecule has 11 heteroatoms. The second-order valence-corrected chi connectivity index (χ2v) is 11.7. The number of hydrogen-bond donors (Lipinski definition) is 1. The van der Waals surface area contributed by atoms with Gasteiger partial charge in [-0.05, 0) is 61.8 Å². The smallest absolute Gasteiger partial charge is 0.273 e. The highest BCUT2D eigenvalue weighted by Gasteiger charge is 2.56. The molecule has 2 aromatic rings. The molecular formula is C23H22ClF2N3O4S. The summed E-state index contributed by atoms with van der Waals surface area (Å²) in [5.74, 6) is -2.32. The number of nitrogens with one attached hydrogen (secondary N) is 1. The molecule has 2 saturated carbocycles. The predicted molar refractivity (Wildman–Crippen MR) is 119 cm³/mol. The van der Waals surface area contributed by atoms with Crippen LogP contribution in [0, 0.1) is 23.5 Å². The summed E-state index contributed by atoms with van der Waals surface area (Å²) in [6.07, 6.45) is 5.01. The minimum absolute atomic E-state index is 0.0290. The number of halogens is 3. The molecule has 3 fully saturated rings. The van der Waals surface area contributed by atoms with Crippen LogP contribution < -0.4 is 5.32 Å². The van der Waals surface area contributed by atoms with Gasteiger partial charge in [0.25, 0.3) is 5.91 Å². The zero-order valence-electron chi connectivity index (χ0n) is 18.2. The molecule has 0 radical (unpaired) electrons. The number of hydrogen-bond acceptors (Lipinski definition) is 5. The van der Waals surface area contributed by atoms with Gasteiger partial charge in [-0.1, -0.05) is 11.6 Å². The molecule has 2 aliphatic carbocycles. The Kier molecular flexibility index (Phi) is 5.63. The van der Waals surface area contributed by atoms with Crippen molar-refractivity contribution in [3.63, 3.8) is 0 Å². The van der Waals surface area contributed by atoms with E-state index < -0.39 is 45.4 Å². The van der Waals surface area contributed by atoms with Crippen molar-refractivity contribution in [1.82, 2.24) is 15.2 Å². The number of piperidine rings is 1. The highest BCUT2D eigenvalue weighted by atomic mass is 35.5. The summed E-state index contributed by atoms with van der Waals surface area (Å²) in [5, 5.41) is 2.50. The number of nitrogens with zero attached hydrogens (tertiary/aromatic N) is 2. The second-order valence-electron chi connectivity index (χ2n) is 9.29. The third-order valence-electron chi connectivity index (χ3n) is 6.79. The maximum atomic E-state index is 14.6. The molecule has 180 valence electrons. The maximum Gasteiger partial charge on any atom is 0.273 e. The fourth-order valence-electron chi connectivity index (χ4n) is 4.78. The van der Waals surface area contributed by atoms with E-state index in [2.05, 4.69) is 10.3 Å². The first kappa shape index (κ1) is 23.2. The quantitative estimate of drug-likeness (QED) is 0.603. The number of pyridine rings is 1. The number of likely N-dealkylation sites (tertiary alicyclic amines) is 1. The molecule has 1 aromatic carbocycles. The van der Waals surface area contributed by atoms with Crippen LogP contribution in [0.4, 0.5) is 8.78 Å². The van der Waals surface area contributed by atoms with Crippen molar-refractivity contribution in [3.05, 3.63) is 58.4 Å². The fourth-order valence-corrected chi connectivity index (χ4v) is 5.56. The topological polar surface area (TPSA) is 96.4 Å². The predicted octanol–water partition coefficient (Wildman–Crippen LogP) is 3.29. The van der Waals surface area contributed by atoms with E-state index in [1.807, 2.05) is 0 Å². The summed E-state index contributed by atoms with van der Waals surface area (Å²) in [5.41, 5.74) is -0.0286. The number of carbonyl (C=O) groups excluding carboxylic acids is 2. The first-order valence-corrected chi connectivity index (χ1v) is 13.2. The number of fused-ring (bicyclic) bond motifs is 1. The molecule has 7 nitrogen and oxygen atoms in total. The van der Waals surface area contributed by atoms with E-state index in [9.17, 15) is 26.8 Å². The molecular weight excluding hydrogens is 488 g/mol. The van der Waals surface area contributed by atoms with Gasteiger partial charge in [-0.3, -0.25) is 14.6 Å². The van der Waals surface area contributed by atoms with Crippen LogP contribution in [0.15, 0.2) is 35.4 Å². The zero-order chi connectivity index (χ0) is 24.4. The van der Waals surface area contributed by atoms with Crippen LogP contribution in [0.25, 0.3) is 0 Å². The summed E-state index contributed by atoms with van der Waals surface area (Å²) in [4.78, 5) is 32.0. The molecule has 1 aromatic heterocycles. The van der Waals surface area contributed by atoms with Gasteiger partial charge in [-0.25, -0.2) is 17.2 Å². The van der Waals surface area contributed by atoms with Crippen LogP contribution in [-0.2, 0) is 14.6 Å². The highest BCUT2D eigenvalue weighted by Crippen LogP contribution is 2.49. The Bertz CT molecular complexity index is 1300. The molecule has 34 heavy (non-hydrogen) atoms. The summed E-state index contributed by atoms with van der Waals surface area (Å²) in [7, 11) is -3.54. The van der Waals surface area contributed by atoms with E-state index in [1.54, 1.807) is 0 Å². The van der Waals surface area contributed by atoms with Gasteiger partial charge in [0.15, 0.2) is 9.84 Å².